The van der Waals surface area contributed by atoms with E-state index in [0.29, 0.717) is 13.2 Å². The lowest BCUT2D eigenvalue weighted by atomic mass is 10.2. The molecule has 0 aliphatic heterocycles. The summed E-state index contributed by atoms with van der Waals surface area (Å²) in [6.45, 7) is 7.84. The van der Waals surface area contributed by atoms with Gasteiger partial charge < -0.3 is 24.4 Å². The number of thioether (sulfide) groups is 1. The van der Waals surface area contributed by atoms with Crippen LogP contribution in [0.25, 0.3) is 11.0 Å². The van der Waals surface area contributed by atoms with Gasteiger partial charge in [-0.1, -0.05) is 12.1 Å². The number of benzene rings is 1. The first-order valence-corrected chi connectivity index (χ1v) is 12.0. The minimum Gasteiger partial charge on any atom is -0.490 e. The Morgan fingerprint density at radius 1 is 1.35 bits per heavy atom. The van der Waals surface area contributed by atoms with Gasteiger partial charge >= 0.3 is 0 Å². The standard InChI is InChI=1S/C22H32N6O2S/c1-6-29-18-10-7-9-17-13-19(30-21(17)18)15(2)25-22(23-11-8-12-31-5)24-14-20-27-26-16(3)28(20)4/h7,9-10,13,15H,6,8,11-12,14H2,1-5H3,(H2,23,24,25). The number of hydrogen-bond acceptors (Lipinski definition) is 6. The van der Waals surface area contributed by atoms with Gasteiger partial charge in [0.15, 0.2) is 23.1 Å². The molecule has 1 unspecified atom stereocenters. The van der Waals surface area contributed by atoms with Crippen LogP contribution in [-0.2, 0) is 13.6 Å². The molecule has 0 aliphatic rings. The van der Waals surface area contributed by atoms with Gasteiger partial charge in [-0.25, -0.2) is 4.99 Å². The SMILES string of the molecule is CCOc1cccc2cc(C(C)NC(=NCc3nnc(C)n3C)NCCCSC)oc12. The lowest BCUT2D eigenvalue weighted by Crippen LogP contribution is -2.39. The Bertz CT molecular complexity index is 1010. The molecule has 3 rings (SSSR count). The van der Waals surface area contributed by atoms with Gasteiger partial charge in [-0.2, -0.15) is 11.8 Å². The summed E-state index contributed by atoms with van der Waals surface area (Å²) in [5.41, 5.74) is 0.772. The van der Waals surface area contributed by atoms with E-state index in [1.54, 1.807) is 0 Å². The second kappa shape index (κ2) is 11.1. The van der Waals surface area contributed by atoms with E-state index in [1.807, 2.05) is 61.5 Å². The number of guanidine groups is 1. The topological polar surface area (TPSA) is 89.5 Å². The Balaban J connectivity index is 1.75. The fourth-order valence-electron chi connectivity index (χ4n) is 3.13. The van der Waals surface area contributed by atoms with Crippen LogP contribution in [0.2, 0.25) is 0 Å². The summed E-state index contributed by atoms with van der Waals surface area (Å²) in [4.78, 5) is 4.73. The number of ether oxygens (including phenoxy) is 1. The molecular weight excluding hydrogens is 412 g/mol. The van der Waals surface area contributed by atoms with Gasteiger partial charge in [0.2, 0.25) is 0 Å². The first-order valence-electron chi connectivity index (χ1n) is 10.6. The van der Waals surface area contributed by atoms with Crippen molar-refractivity contribution >= 4 is 28.7 Å². The molecule has 3 aromatic rings. The lowest BCUT2D eigenvalue weighted by Gasteiger charge is -2.17. The van der Waals surface area contributed by atoms with Crippen LogP contribution in [0.1, 0.15) is 43.7 Å². The average molecular weight is 445 g/mol. The van der Waals surface area contributed by atoms with Gasteiger partial charge in [0.05, 0.1) is 12.6 Å². The van der Waals surface area contributed by atoms with Crippen molar-refractivity contribution < 1.29 is 9.15 Å². The van der Waals surface area contributed by atoms with Crippen LogP contribution in [0, 0.1) is 6.92 Å². The molecular formula is C22H32N6O2S. The predicted molar refractivity (Wildman–Crippen MR) is 127 cm³/mol. The number of rotatable bonds is 10. The number of furan rings is 1. The highest BCUT2D eigenvalue weighted by molar-refractivity contribution is 7.98. The zero-order valence-corrected chi connectivity index (χ0v) is 19.8. The van der Waals surface area contributed by atoms with Crippen LogP contribution < -0.4 is 15.4 Å². The molecule has 0 amide bonds. The van der Waals surface area contributed by atoms with E-state index in [4.69, 9.17) is 14.1 Å². The molecule has 31 heavy (non-hydrogen) atoms. The number of hydrogen-bond donors (Lipinski definition) is 2. The van der Waals surface area contributed by atoms with Crippen LogP contribution in [0.15, 0.2) is 33.7 Å². The molecule has 0 bridgehead atoms. The van der Waals surface area contributed by atoms with Crippen LogP contribution in [0.3, 0.4) is 0 Å². The number of aromatic nitrogens is 3. The summed E-state index contributed by atoms with van der Waals surface area (Å²) in [5.74, 6) is 5.10. The number of nitrogens with one attached hydrogen (secondary N) is 2. The number of nitrogens with zero attached hydrogens (tertiary/aromatic N) is 4. The number of para-hydroxylation sites is 1. The quantitative estimate of drug-likeness (QED) is 0.279. The van der Waals surface area contributed by atoms with E-state index in [9.17, 15) is 0 Å². The molecule has 0 saturated heterocycles. The summed E-state index contributed by atoms with van der Waals surface area (Å²) in [6.07, 6.45) is 3.17. The predicted octanol–water partition coefficient (Wildman–Crippen LogP) is 3.82. The van der Waals surface area contributed by atoms with Crippen LogP contribution in [-0.4, -0.2) is 45.9 Å². The zero-order valence-electron chi connectivity index (χ0n) is 18.9. The summed E-state index contributed by atoms with van der Waals surface area (Å²) < 4.78 is 13.8. The highest BCUT2D eigenvalue weighted by Crippen LogP contribution is 2.31. The largest absolute Gasteiger partial charge is 0.490 e. The molecule has 9 heteroatoms. The van der Waals surface area contributed by atoms with Crippen molar-refractivity contribution in [3.05, 3.63) is 41.7 Å². The average Bonchev–Trinajstić information content (AvgIpc) is 3.34. The molecule has 8 nitrogen and oxygen atoms in total. The minimum atomic E-state index is -0.0742. The Morgan fingerprint density at radius 2 is 2.19 bits per heavy atom. The third kappa shape index (κ3) is 5.94. The Morgan fingerprint density at radius 3 is 2.90 bits per heavy atom. The highest BCUT2D eigenvalue weighted by atomic mass is 32.2. The Kier molecular flexibility index (Phi) is 8.22. The molecule has 0 fully saturated rings. The monoisotopic (exact) mass is 444 g/mol. The van der Waals surface area contributed by atoms with Crippen molar-refractivity contribution in [2.75, 3.05) is 25.2 Å². The van der Waals surface area contributed by atoms with E-state index in [-0.39, 0.29) is 6.04 Å². The second-order valence-corrected chi connectivity index (χ2v) is 8.27. The van der Waals surface area contributed by atoms with Gasteiger partial charge in [0, 0.05) is 19.0 Å². The molecule has 2 aromatic heterocycles. The molecule has 1 atom stereocenters. The number of fused-ring (bicyclic) bond motifs is 1. The van der Waals surface area contributed by atoms with Crippen LogP contribution in [0.4, 0.5) is 0 Å². The third-order valence-corrected chi connectivity index (χ3v) is 5.68. The van der Waals surface area contributed by atoms with Gasteiger partial charge in [-0.3, -0.25) is 0 Å². The van der Waals surface area contributed by atoms with E-state index >= 15 is 0 Å². The number of aliphatic imine (C=N–C) groups is 1. The van der Waals surface area contributed by atoms with Crippen molar-refractivity contribution in [1.82, 2.24) is 25.4 Å². The maximum atomic E-state index is 6.14. The zero-order chi connectivity index (χ0) is 22.2. The molecule has 2 heterocycles. The normalized spacial score (nSPS) is 12.9. The summed E-state index contributed by atoms with van der Waals surface area (Å²) in [7, 11) is 1.95. The fourth-order valence-corrected chi connectivity index (χ4v) is 3.56. The second-order valence-electron chi connectivity index (χ2n) is 7.28. The van der Waals surface area contributed by atoms with Gasteiger partial charge in [-0.15, -0.1) is 10.2 Å². The molecule has 1 aromatic carbocycles. The summed E-state index contributed by atoms with van der Waals surface area (Å²) >= 11 is 1.84. The highest BCUT2D eigenvalue weighted by Gasteiger charge is 2.16. The number of aryl methyl sites for hydroxylation is 1. The third-order valence-electron chi connectivity index (χ3n) is 4.99. The summed E-state index contributed by atoms with van der Waals surface area (Å²) in [6, 6.07) is 7.92. The maximum Gasteiger partial charge on any atom is 0.192 e. The van der Waals surface area contributed by atoms with Crippen molar-refractivity contribution in [3.63, 3.8) is 0 Å². The summed E-state index contributed by atoms with van der Waals surface area (Å²) in [5, 5.41) is 16.2. The van der Waals surface area contributed by atoms with Crippen molar-refractivity contribution in [1.29, 1.82) is 0 Å². The van der Waals surface area contributed by atoms with E-state index < -0.39 is 0 Å². The molecule has 168 valence electrons. The molecule has 2 N–H and O–H groups in total. The molecule has 0 radical (unpaired) electrons. The fraction of sp³-hybridized carbons (Fsp3) is 0.500. The lowest BCUT2D eigenvalue weighted by molar-refractivity contribution is 0.336. The minimum absolute atomic E-state index is 0.0742. The van der Waals surface area contributed by atoms with Crippen molar-refractivity contribution in [2.45, 2.75) is 39.8 Å². The van der Waals surface area contributed by atoms with Gasteiger partial charge in [0.1, 0.15) is 18.1 Å². The van der Waals surface area contributed by atoms with Gasteiger partial charge in [-0.05, 0) is 51.3 Å². The first kappa shape index (κ1) is 23.0. The van der Waals surface area contributed by atoms with Crippen LogP contribution in [0.5, 0.6) is 5.75 Å². The van der Waals surface area contributed by atoms with Crippen molar-refractivity contribution in [2.24, 2.45) is 12.0 Å². The van der Waals surface area contributed by atoms with E-state index in [0.717, 1.165) is 58.8 Å². The van der Waals surface area contributed by atoms with Crippen molar-refractivity contribution in [3.8, 4) is 5.75 Å². The van der Waals surface area contributed by atoms with E-state index in [1.165, 1.54) is 0 Å². The molecule has 0 spiro atoms. The smallest absolute Gasteiger partial charge is 0.192 e. The van der Waals surface area contributed by atoms with E-state index in [2.05, 4.69) is 34.0 Å². The Hall–Kier alpha value is -2.68. The Labute approximate surface area is 187 Å². The maximum absolute atomic E-state index is 6.14. The molecule has 0 saturated carbocycles. The molecule has 0 aliphatic carbocycles. The van der Waals surface area contributed by atoms with Crippen LogP contribution >= 0.6 is 11.8 Å². The van der Waals surface area contributed by atoms with Gasteiger partial charge in [0.25, 0.3) is 0 Å². The first-order chi connectivity index (χ1) is 15.0.